The molecule has 0 saturated heterocycles. The van der Waals surface area contributed by atoms with Crippen LogP contribution in [0, 0.1) is 13.8 Å². The first-order valence-electron chi connectivity index (χ1n) is 7.63. The van der Waals surface area contributed by atoms with Crippen molar-refractivity contribution in [2.75, 3.05) is 19.0 Å². The second-order valence-corrected chi connectivity index (χ2v) is 5.57. The van der Waals surface area contributed by atoms with Gasteiger partial charge in [-0.2, -0.15) is 0 Å². The molecule has 0 heterocycles. The van der Waals surface area contributed by atoms with Gasteiger partial charge in [-0.3, -0.25) is 9.59 Å². The molecule has 5 heteroatoms. The van der Waals surface area contributed by atoms with E-state index in [1.165, 1.54) is 7.11 Å². The van der Waals surface area contributed by atoms with E-state index >= 15 is 0 Å². The molecule has 0 saturated carbocycles. The van der Waals surface area contributed by atoms with E-state index in [2.05, 4.69) is 5.32 Å². The van der Waals surface area contributed by atoms with Crippen LogP contribution < -0.4 is 10.1 Å². The summed E-state index contributed by atoms with van der Waals surface area (Å²) >= 11 is 0. The molecule has 0 unspecified atom stereocenters. The van der Waals surface area contributed by atoms with Crippen molar-refractivity contribution in [3.05, 3.63) is 59.2 Å². The largest absolute Gasteiger partial charge is 0.495 e. The number of ether oxygens (including phenoxy) is 2. The third-order valence-electron chi connectivity index (χ3n) is 3.46. The van der Waals surface area contributed by atoms with Crippen LogP contribution in [0.25, 0.3) is 0 Å². The van der Waals surface area contributed by atoms with Gasteiger partial charge in [0, 0.05) is 0 Å². The maximum atomic E-state index is 11.9. The number of amides is 1. The van der Waals surface area contributed by atoms with Crippen molar-refractivity contribution in [2.45, 2.75) is 20.3 Å². The molecule has 0 aromatic heterocycles. The van der Waals surface area contributed by atoms with Crippen molar-refractivity contribution in [3.8, 4) is 5.75 Å². The molecule has 0 fully saturated rings. The average Bonchev–Trinajstić information content (AvgIpc) is 2.55. The van der Waals surface area contributed by atoms with Crippen LogP contribution in [-0.4, -0.2) is 25.6 Å². The van der Waals surface area contributed by atoms with Gasteiger partial charge in [0.2, 0.25) is 0 Å². The SMILES string of the molecule is COc1ccc(C)cc1NC(=O)COC(=O)Cc1ccc(C)cc1. The van der Waals surface area contributed by atoms with Crippen molar-refractivity contribution in [2.24, 2.45) is 0 Å². The van der Waals surface area contributed by atoms with Gasteiger partial charge in [0.15, 0.2) is 6.61 Å². The fourth-order valence-corrected chi connectivity index (χ4v) is 2.18. The van der Waals surface area contributed by atoms with Crippen LogP contribution in [0.5, 0.6) is 5.75 Å². The van der Waals surface area contributed by atoms with Crippen molar-refractivity contribution >= 4 is 17.6 Å². The number of anilines is 1. The van der Waals surface area contributed by atoms with E-state index < -0.39 is 11.9 Å². The molecule has 2 aromatic carbocycles. The summed E-state index contributed by atoms with van der Waals surface area (Å²) in [6.07, 6.45) is 0.140. The maximum absolute atomic E-state index is 11.9. The van der Waals surface area contributed by atoms with Crippen molar-refractivity contribution in [1.82, 2.24) is 0 Å². The molecule has 0 spiro atoms. The van der Waals surface area contributed by atoms with Crippen LogP contribution in [0.15, 0.2) is 42.5 Å². The number of hydrogen-bond donors (Lipinski definition) is 1. The average molecular weight is 327 g/mol. The van der Waals surface area contributed by atoms with Crippen molar-refractivity contribution < 1.29 is 19.1 Å². The highest BCUT2D eigenvalue weighted by Gasteiger charge is 2.11. The highest BCUT2D eigenvalue weighted by molar-refractivity contribution is 5.94. The Balaban J connectivity index is 1.85. The van der Waals surface area contributed by atoms with Gasteiger partial charge in [0.05, 0.1) is 19.2 Å². The summed E-state index contributed by atoms with van der Waals surface area (Å²) in [6.45, 7) is 3.56. The summed E-state index contributed by atoms with van der Waals surface area (Å²) in [5, 5.41) is 2.69. The van der Waals surface area contributed by atoms with E-state index in [1.807, 2.05) is 44.2 Å². The molecule has 24 heavy (non-hydrogen) atoms. The lowest BCUT2D eigenvalue weighted by atomic mass is 10.1. The van der Waals surface area contributed by atoms with Crippen molar-refractivity contribution in [3.63, 3.8) is 0 Å². The molecule has 0 atom stereocenters. The molecule has 2 aromatic rings. The number of rotatable bonds is 6. The Morgan fingerprint density at radius 1 is 1.00 bits per heavy atom. The molecule has 0 aliphatic heterocycles. The standard InChI is InChI=1S/C19H21NO4/c1-13-4-7-15(8-5-13)11-19(22)24-12-18(21)20-16-10-14(2)6-9-17(16)23-3/h4-10H,11-12H2,1-3H3,(H,20,21). The molecular formula is C19H21NO4. The van der Waals surface area contributed by atoms with Crippen LogP contribution in [0.3, 0.4) is 0 Å². The molecule has 2 rings (SSSR count). The predicted molar refractivity (Wildman–Crippen MR) is 92.2 cm³/mol. The second kappa shape index (κ2) is 8.15. The Hall–Kier alpha value is -2.82. The van der Waals surface area contributed by atoms with Gasteiger partial charge in [-0.25, -0.2) is 0 Å². The fraction of sp³-hybridized carbons (Fsp3) is 0.263. The number of hydrogen-bond acceptors (Lipinski definition) is 4. The predicted octanol–water partition coefficient (Wildman–Crippen LogP) is 3.04. The lowest BCUT2D eigenvalue weighted by molar-refractivity contribution is -0.146. The van der Waals surface area contributed by atoms with Gasteiger partial charge < -0.3 is 14.8 Å². The Kier molecular flexibility index (Phi) is 5.95. The Bertz CT molecular complexity index is 723. The van der Waals surface area contributed by atoms with Crippen LogP contribution in [0.2, 0.25) is 0 Å². The summed E-state index contributed by atoms with van der Waals surface area (Å²) in [4.78, 5) is 23.8. The Morgan fingerprint density at radius 3 is 2.33 bits per heavy atom. The summed E-state index contributed by atoms with van der Waals surface area (Å²) in [7, 11) is 1.53. The summed E-state index contributed by atoms with van der Waals surface area (Å²) in [5.41, 5.74) is 3.52. The van der Waals surface area contributed by atoms with Gasteiger partial charge in [-0.15, -0.1) is 0 Å². The highest BCUT2D eigenvalue weighted by Crippen LogP contribution is 2.25. The second-order valence-electron chi connectivity index (χ2n) is 5.57. The summed E-state index contributed by atoms with van der Waals surface area (Å²) in [5.74, 6) is -0.290. The number of carbonyl (C=O) groups is 2. The summed E-state index contributed by atoms with van der Waals surface area (Å²) < 4.78 is 10.2. The van der Waals surface area contributed by atoms with E-state index in [9.17, 15) is 9.59 Å². The molecule has 5 nitrogen and oxygen atoms in total. The summed E-state index contributed by atoms with van der Waals surface area (Å²) in [6, 6.07) is 13.1. The third-order valence-corrected chi connectivity index (χ3v) is 3.46. The number of carbonyl (C=O) groups excluding carboxylic acids is 2. The van der Waals surface area contributed by atoms with Gasteiger partial charge in [0.25, 0.3) is 5.91 Å². The molecular weight excluding hydrogens is 306 g/mol. The zero-order valence-corrected chi connectivity index (χ0v) is 14.1. The van der Waals surface area contributed by atoms with Gasteiger partial charge in [-0.1, -0.05) is 35.9 Å². The van der Waals surface area contributed by atoms with Gasteiger partial charge in [-0.05, 0) is 37.1 Å². The van der Waals surface area contributed by atoms with E-state index in [4.69, 9.17) is 9.47 Å². The zero-order valence-electron chi connectivity index (χ0n) is 14.1. The quantitative estimate of drug-likeness (QED) is 0.828. The first-order valence-corrected chi connectivity index (χ1v) is 7.63. The smallest absolute Gasteiger partial charge is 0.310 e. The minimum Gasteiger partial charge on any atom is -0.495 e. The van der Waals surface area contributed by atoms with E-state index in [0.717, 1.165) is 16.7 Å². The van der Waals surface area contributed by atoms with Crippen LogP contribution >= 0.6 is 0 Å². The third kappa shape index (κ3) is 5.12. The number of benzene rings is 2. The first kappa shape index (κ1) is 17.5. The molecule has 1 amide bonds. The van der Waals surface area contributed by atoms with Gasteiger partial charge >= 0.3 is 5.97 Å². The normalized spacial score (nSPS) is 10.1. The molecule has 1 N–H and O–H groups in total. The minimum atomic E-state index is -0.440. The number of nitrogens with one attached hydrogen (secondary N) is 1. The number of methoxy groups -OCH3 is 1. The number of aryl methyl sites for hydroxylation is 2. The van der Waals surface area contributed by atoms with Crippen LogP contribution in [0.4, 0.5) is 5.69 Å². The molecule has 0 aliphatic rings. The van der Waals surface area contributed by atoms with Crippen LogP contribution in [0.1, 0.15) is 16.7 Å². The lowest BCUT2D eigenvalue weighted by Crippen LogP contribution is -2.22. The molecule has 0 aliphatic carbocycles. The lowest BCUT2D eigenvalue weighted by Gasteiger charge is -2.11. The van der Waals surface area contributed by atoms with E-state index in [-0.39, 0.29) is 13.0 Å². The number of esters is 1. The van der Waals surface area contributed by atoms with Crippen molar-refractivity contribution in [1.29, 1.82) is 0 Å². The molecule has 0 radical (unpaired) electrons. The molecule has 126 valence electrons. The molecule has 0 bridgehead atoms. The monoisotopic (exact) mass is 327 g/mol. The maximum Gasteiger partial charge on any atom is 0.310 e. The van der Waals surface area contributed by atoms with Gasteiger partial charge in [0.1, 0.15) is 5.75 Å². The Labute approximate surface area is 141 Å². The highest BCUT2D eigenvalue weighted by atomic mass is 16.5. The zero-order chi connectivity index (χ0) is 17.5. The van der Waals surface area contributed by atoms with Crippen LogP contribution in [-0.2, 0) is 20.7 Å². The van der Waals surface area contributed by atoms with E-state index in [0.29, 0.717) is 11.4 Å². The van der Waals surface area contributed by atoms with E-state index in [1.54, 1.807) is 12.1 Å². The first-order chi connectivity index (χ1) is 11.5. The fourth-order valence-electron chi connectivity index (χ4n) is 2.18. The minimum absolute atomic E-state index is 0.140. The Morgan fingerprint density at radius 2 is 1.67 bits per heavy atom. The topological polar surface area (TPSA) is 64.6 Å².